The smallest absolute Gasteiger partial charge is 0.0559 e. The second-order valence-corrected chi connectivity index (χ2v) is 4.78. The van der Waals surface area contributed by atoms with Crippen LogP contribution in [-0.4, -0.2) is 31.7 Å². The third kappa shape index (κ3) is 5.73. The quantitative estimate of drug-likeness (QED) is 0.493. The standard InChI is InChI=1S/C6H13Cl2OP/c1-10(2)9-5-6(3-7)4-8/h6H,3-5H2,1-2H3. The molecule has 0 aliphatic heterocycles. The molecule has 0 aliphatic rings. The van der Waals surface area contributed by atoms with Gasteiger partial charge in [-0.1, -0.05) is 0 Å². The molecule has 62 valence electrons. The van der Waals surface area contributed by atoms with Crippen LogP contribution in [0.4, 0.5) is 0 Å². The predicted molar refractivity (Wildman–Crippen MR) is 49.7 cm³/mol. The molecule has 0 spiro atoms. The molecule has 0 aliphatic carbocycles. The molecule has 0 rings (SSSR count). The van der Waals surface area contributed by atoms with Crippen molar-refractivity contribution in [3.8, 4) is 0 Å². The molecule has 0 aromatic rings. The van der Waals surface area contributed by atoms with Crippen molar-refractivity contribution in [1.29, 1.82) is 0 Å². The zero-order valence-electron chi connectivity index (χ0n) is 6.31. The van der Waals surface area contributed by atoms with Crippen molar-refractivity contribution in [2.24, 2.45) is 5.92 Å². The monoisotopic (exact) mass is 202 g/mol. The topological polar surface area (TPSA) is 9.23 Å². The summed E-state index contributed by atoms with van der Waals surface area (Å²) in [5.74, 6) is 1.49. The van der Waals surface area contributed by atoms with E-state index in [4.69, 9.17) is 27.7 Å². The fourth-order valence-electron chi connectivity index (χ4n) is 0.385. The Balaban J connectivity index is 3.26. The van der Waals surface area contributed by atoms with Gasteiger partial charge < -0.3 is 4.52 Å². The minimum atomic E-state index is -0.262. The lowest BCUT2D eigenvalue weighted by atomic mass is 10.2. The van der Waals surface area contributed by atoms with Crippen LogP contribution in [-0.2, 0) is 4.52 Å². The summed E-state index contributed by atoms with van der Waals surface area (Å²) >= 11 is 11.2. The highest BCUT2D eigenvalue weighted by atomic mass is 35.5. The minimum Gasteiger partial charge on any atom is -0.359 e. The van der Waals surface area contributed by atoms with Crippen LogP contribution in [0.25, 0.3) is 0 Å². The van der Waals surface area contributed by atoms with Crippen molar-refractivity contribution in [3.63, 3.8) is 0 Å². The Kier molecular flexibility index (Phi) is 7.31. The van der Waals surface area contributed by atoms with E-state index in [9.17, 15) is 0 Å². The van der Waals surface area contributed by atoms with Crippen LogP contribution in [0, 0.1) is 5.92 Å². The van der Waals surface area contributed by atoms with E-state index in [0.29, 0.717) is 24.3 Å². The second-order valence-electron chi connectivity index (χ2n) is 2.28. The van der Waals surface area contributed by atoms with Gasteiger partial charge in [0.25, 0.3) is 0 Å². The summed E-state index contributed by atoms with van der Waals surface area (Å²) in [5, 5.41) is 0. The average Bonchev–Trinajstić information content (AvgIpc) is 1.90. The van der Waals surface area contributed by atoms with E-state index in [1.54, 1.807) is 0 Å². The van der Waals surface area contributed by atoms with Crippen LogP contribution in [0.15, 0.2) is 0 Å². The number of hydrogen-bond donors (Lipinski definition) is 0. The Bertz CT molecular complexity index is 76.1. The molecular weight excluding hydrogens is 190 g/mol. The Hall–Kier alpha value is 0.970. The Morgan fingerprint density at radius 1 is 1.30 bits per heavy atom. The van der Waals surface area contributed by atoms with Crippen LogP contribution in [0.3, 0.4) is 0 Å². The lowest BCUT2D eigenvalue weighted by Crippen LogP contribution is -2.10. The fourth-order valence-corrected chi connectivity index (χ4v) is 1.40. The summed E-state index contributed by atoms with van der Waals surface area (Å²) in [7, 11) is -0.262. The Labute approximate surface area is 73.9 Å². The van der Waals surface area contributed by atoms with Gasteiger partial charge in [-0.05, 0) is 13.3 Å². The third-order valence-corrected chi connectivity index (χ3v) is 2.54. The maximum absolute atomic E-state index is 5.59. The first kappa shape index (κ1) is 11.0. The summed E-state index contributed by atoms with van der Waals surface area (Å²) in [5.41, 5.74) is 0. The van der Waals surface area contributed by atoms with Gasteiger partial charge in [-0.3, -0.25) is 0 Å². The summed E-state index contributed by atoms with van der Waals surface area (Å²) in [6, 6.07) is 0. The van der Waals surface area contributed by atoms with Crippen molar-refractivity contribution in [3.05, 3.63) is 0 Å². The van der Waals surface area contributed by atoms with Crippen molar-refractivity contribution >= 4 is 31.4 Å². The highest BCUT2D eigenvalue weighted by molar-refractivity contribution is 7.50. The number of rotatable bonds is 5. The molecule has 1 nitrogen and oxygen atoms in total. The van der Waals surface area contributed by atoms with E-state index in [1.807, 2.05) is 0 Å². The maximum atomic E-state index is 5.59. The van der Waals surface area contributed by atoms with Gasteiger partial charge in [0.15, 0.2) is 0 Å². The highest BCUT2D eigenvalue weighted by Gasteiger charge is 2.06. The van der Waals surface area contributed by atoms with E-state index in [-0.39, 0.29) is 8.15 Å². The average molecular weight is 203 g/mol. The maximum Gasteiger partial charge on any atom is 0.0559 e. The SMILES string of the molecule is CP(C)OCC(CCl)CCl. The second kappa shape index (κ2) is 6.67. The number of alkyl halides is 2. The molecule has 0 N–H and O–H groups in total. The lowest BCUT2D eigenvalue weighted by molar-refractivity contribution is 0.306. The van der Waals surface area contributed by atoms with Crippen LogP contribution >= 0.6 is 31.4 Å². The van der Waals surface area contributed by atoms with Crippen molar-refractivity contribution in [2.45, 2.75) is 0 Å². The molecule has 0 radical (unpaired) electrons. The molecule has 10 heavy (non-hydrogen) atoms. The van der Waals surface area contributed by atoms with E-state index in [1.165, 1.54) is 0 Å². The summed E-state index contributed by atoms with van der Waals surface area (Å²) in [6.07, 6.45) is 0. The molecule has 0 atom stereocenters. The first-order chi connectivity index (χ1) is 4.70. The Morgan fingerprint density at radius 3 is 2.10 bits per heavy atom. The van der Waals surface area contributed by atoms with E-state index in [0.717, 1.165) is 0 Å². The van der Waals surface area contributed by atoms with E-state index in [2.05, 4.69) is 13.3 Å². The lowest BCUT2D eigenvalue weighted by Gasteiger charge is -2.12. The van der Waals surface area contributed by atoms with Gasteiger partial charge in [0.05, 0.1) is 6.61 Å². The van der Waals surface area contributed by atoms with Crippen molar-refractivity contribution in [1.82, 2.24) is 0 Å². The van der Waals surface area contributed by atoms with Crippen LogP contribution in [0.1, 0.15) is 0 Å². The highest BCUT2D eigenvalue weighted by Crippen LogP contribution is 2.26. The molecule has 0 saturated heterocycles. The fraction of sp³-hybridized carbons (Fsp3) is 1.00. The molecule has 0 aromatic carbocycles. The minimum absolute atomic E-state index is 0.262. The number of hydrogen-bond acceptors (Lipinski definition) is 1. The number of halogens is 2. The van der Waals surface area contributed by atoms with E-state index >= 15 is 0 Å². The third-order valence-electron chi connectivity index (χ3n) is 1.00. The largest absolute Gasteiger partial charge is 0.359 e. The molecule has 0 saturated carbocycles. The van der Waals surface area contributed by atoms with Crippen molar-refractivity contribution in [2.75, 3.05) is 31.7 Å². The van der Waals surface area contributed by atoms with Crippen LogP contribution < -0.4 is 0 Å². The van der Waals surface area contributed by atoms with Gasteiger partial charge >= 0.3 is 0 Å². The van der Waals surface area contributed by atoms with Gasteiger partial charge in [0, 0.05) is 25.8 Å². The first-order valence-electron chi connectivity index (χ1n) is 3.12. The summed E-state index contributed by atoms with van der Waals surface area (Å²) in [6.45, 7) is 4.83. The molecule has 0 amide bonds. The van der Waals surface area contributed by atoms with Crippen LogP contribution in [0.2, 0.25) is 0 Å². The molecular formula is C6H13Cl2OP. The van der Waals surface area contributed by atoms with Gasteiger partial charge in [0.1, 0.15) is 0 Å². The van der Waals surface area contributed by atoms with Gasteiger partial charge in [-0.25, -0.2) is 0 Å². The molecule has 0 heterocycles. The molecule has 4 heteroatoms. The Morgan fingerprint density at radius 2 is 1.80 bits per heavy atom. The zero-order chi connectivity index (χ0) is 7.98. The molecule has 0 unspecified atom stereocenters. The predicted octanol–water partition coefficient (Wildman–Crippen LogP) is 2.75. The summed E-state index contributed by atoms with van der Waals surface area (Å²) in [4.78, 5) is 0. The normalized spacial score (nSPS) is 11.4. The van der Waals surface area contributed by atoms with Gasteiger partial charge in [0.2, 0.25) is 0 Å². The first-order valence-corrected chi connectivity index (χ1v) is 6.35. The van der Waals surface area contributed by atoms with Crippen LogP contribution in [0.5, 0.6) is 0 Å². The molecule has 0 bridgehead atoms. The van der Waals surface area contributed by atoms with Crippen molar-refractivity contribution < 1.29 is 4.52 Å². The molecule has 0 aromatic heterocycles. The van der Waals surface area contributed by atoms with E-state index < -0.39 is 0 Å². The zero-order valence-corrected chi connectivity index (χ0v) is 8.72. The summed E-state index contributed by atoms with van der Waals surface area (Å²) < 4.78 is 5.38. The van der Waals surface area contributed by atoms with Gasteiger partial charge in [-0.15, -0.1) is 23.2 Å². The molecule has 0 fully saturated rings. The van der Waals surface area contributed by atoms with Gasteiger partial charge in [-0.2, -0.15) is 0 Å².